The zero-order valence-corrected chi connectivity index (χ0v) is 6.99. The smallest absolute Gasteiger partial charge is 0.404 e. The van der Waals surface area contributed by atoms with Crippen molar-refractivity contribution in [2.45, 2.75) is 31.7 Å². The third-order valence-corrected chi connectivity index (χ3v) is 2.43. The minimum Gasteiger partial charge on any atom is -0.465 e. The lowest BCUT2D eigenvalue weighted by Crippen LogP contribution is -2.37. The molecule has 1 saturated carbocycles. The normalized spacial score (nSPS) is 29.8. The summed E-state index contributed by atoms with van der Waals surface area (Å²) in [6.07, 6.45) is 2.64. The van der Waals surface area contributed by atoms with Gasteiger partial charge in [0, 0.05) is 12.6 Å². The maximum absolute atomic E-state index is 10.3. The standard InChI is InChI=1S/C8H15NO3/c10-5-6-1-3-7(4-2-6)9-8(11)12/h6-7,9-10H,1-5H2,(H,11,12)/t6-,7+. The molecule has 0 aromatic heterocycles. The van der Waals surface area contributed by atoms with Crippen molar-refractivity contribution in [2.75, 3.05) is 6.61 Å². The predicted molar refractivity (Wildman–Crippen MR) is 44.0 cm³/mol. The van der Waals surface area contributed by atoms with Crippen molar-refractivity contribution in [3.8, 4) is 0 Å². The van der Waals surface area contributed by atoms with E-state index in [1.54, 1.807) is 0 Å². The van der Waals surface area contributed by atoms with Gasteiger partial charge in [0.2, 0.25) is 0 Å². The topological polar surface area (TPSA) is 69.6 Å². The first kappa shape index (κ1) is 9.32. The van der Waals surface area contributed by atoms with Crippen molar-refractivity contribution >= 4 is 6.09 Å². The summed E-state index contributed by atoms with van der Waals surface area (Å²) < 4.78 is 0. The molecule has 1 fully saturated rings. The number of nitrogens with one attached hydrogen (secondary N) is 1. The van der Waals surface area contributed by atoms with Crippen LogP contribution >= 0.6 is 0 Å². The number of amides is 1. The molecule has 1 aliphatic rings. The highest BCUT2D eigenvalue weighted by Gasteiger charge is 2.21. The number of aliphatic hydroxyl groups excluding tert-OH is 1. The summed E-state index contributed by atoms with van der Waals surface area (Å²) in [4.78, 5) is 10.3. The average Bonchev–Trinajstić information content (AvgIpc) is 2.05. The molecule has 4 nitrogen and oxygen atoms in total. The van der Waals surface area contributed by atoms with E-state index in [0.29, 0.717) is 5.92 Å². The molecule has 1 aliphatic carbocycles. The number of rotatable bonds is 2. The van der Waals surface area contributed by atoms with Crippen LogP contribution < -0.4 is 5.32 Å². The highest BCUT2D eigenvalue weighted by molar-refractivity contribution is 5.64. The van der Waals surface area contributed by atoms with Gasteiger partial charge >= 0.3 is 6.09 Å². The summed E-state index contributed by atoms with van der Waals surface area (Å²) in [7, 11) is 0. The van der Waals surface area contributed by atoms with E-state index < -0.39 is 6.09 Å². The Morgan fingerprint density at radius 2 is 1.92 bits per heavy atom. The Labute approximate surface area is 71.6 Å². The van der Waals surface area contributed by atoms with E-state index in [4.69, 9.17) is 10.2 Å². The number of carboxylic acid groups (broad SMARTS) is 1. The molecule has 0 unspecified atom stereocenters. The monoisotopic (exact) mass is 173 g/mol. The molecule has 0 radical (unpaired) electrons. The van der Waals surface area contributed by atoms with E-state index in [1.807, 2.05) is 0 Å². The van der Waals surface area contributed by atoms with Crippen LogP contribution in [0.15, 0.2) is 0 Å². The third-order valence-electron chi connectivity index (χ3n) is 2.43. The molecule has 0 spiro atoms. The van der Waals surface area contributed by atoms with Gasteiger partial charge in [-0.15, -0.1) is 0 Å². The van der Waals surface area contributed by atoms with Crippen LogP contribution in [0, 0.1) is 5.92 Å². The van der Waals surface area contributed by atoms with E-state index in [0.717, 1.165) is 25.7 Å². The highest BCUT2D eigenvalue weighted by atomic mass is 16.4. The van der Waals surface area contributed by atoms with Gasteiger partial charge in [0.15, 0.2) is 0 Å². The molecular weight excluding hydrogens is 158 g/mol. The molecule has 0 atom stereocenters. The van der Waals surface area contributed by atoms with Gasteiger partial charge in [-0.1, -0.05) is 0 Å². The van der Waals surface area contributed by atoms with Gasteiger partial charge in [-0.25, -0.2) is 4.79 Å². The second-order valence-electron chi connectivity index (χ2n) is 3.35. The lowest BCUT2D eigenvalue weighted by Gasteiger charge is -2.26. The third kappa shape index (κ3) is 2.70. The Hall–Kier alpha value is -0.770. The molecule has 0 aromatic rings. The van der Waals surface area contributed by atoms with Crippen LogP contribution in [0.2, 0.25) is 0 Å². The molecule has 4 heteroatoms. The van der Waals surface area contributed by atoms with Crippen LogP contribution in [0.25, 0.3) is 0 Å². The van der Waals surface area contributed by atoms with Gasteiger partial charge in [0.1, 0.15) is 0 Å². The average molecular weight is 173 g/mol. The number of hydrogen-bond donors (Lipinski definition) is 3. The molecular formula is C8H15NO3. The largest absolute Gasteiger partial charge is 0.465 e. The van der Waals surface area contributed by atoms with Crippen molar-refractivity contribution in [2.24, 2.45) is 5.92 Å². The fraction of sp³-hybridized carbons (Fsp3) is 0.875. The summed E-state index contributed by atoms with van der Waals surface area (Å²) in [5.74, 6) is 0.386. The maximum atomic E-state index is 10.3. The van der Waals surface area contributed by atoms with Crippen LogP contribution in [0.5, 0.6) is 0 Å². The molecule has 70 valence electrons. The summed E-state index contributed by atoms with van der Waals surface area (Å²) in [6.45, 7) is 0.236. The Bertz CT molecular complexity index is 152. The zero-order valence-electron chi connectivity index (χ0n) is 6.99. The van der Waals surface area contributed by atoms with Crippen molar-refractivity contribution in [3.63, 3.8) is 0 Å². The Morgan fingerprint density at radius 1 is 1.33 bits per heavy atom. The number of carbonyl (C=O) groups is 1. The van der Waals surface area contributed by atoms with Gasteiger partial charge < -0.3 is 15.5 Å². The summed E-state index contributed by atoms with van der Waals surface area (Å²) in [5, 5.41) is 19.7. The van der Waals surface area contributed by atoms with Crippen molar-refractivity contribution in [1.82, 2.24) is 5.32 Å². The minimum absolute atomic E-state index is 0.102. The van der Waals surface area contributed by atoms with Crippen molar-refractivity contribution < 1.29 is 15.0 Å². The number of aliphatic hydroxyl groups is 1. The summed E-state index contributed by atoms with van der Waals surface area (Å²) in [5.41, 5.74) is 0. The minimum atomic E-state index is -0.942. The second kappa shape index (κ2) is 4.30. The van der Waals surface area contributed by atoms with Crippen LogP contribution in [0.4, 0.5) is 4.79 Å². The van der Waals surface area contributed by atoms with Gasteiger partial charge in [0.05, 0.1) is 0 Å². The Balaban J connectivity index is 2.21. The Kier molecular flexibility index (Phi) is 3.34. The molecule has 1 amide bonds. The molecule has 0 aliphatic heterocycles. The molecule has 0 aromatic carbocycles. The first-order valence-corrected chi connectivity index (χ1v) is 4.32. The Morgan fingerprint density at radius 3 is 2.33 bits per heavy atom. The quantitative estimate of drug-likeness (QED) is 0.578. The molecule has 0 heterocycles. The number of hydrogen-bond acceptors (Lipinski definition) is 2. The molecule has 1 rings (SSSR count). The fourth-order valence-electron chi connectivity index (χ4n) is 1.66. The summed E-state index contributed by atoms with van der Waals surface area (Å²) in [6, 6.07) is 0.102. The van der Waals surface area contributed by atoms with Gasteiger partial charge in [-0.05, 0) is 31.6 Å². The fourth-order valence-corrected chi connectivity index (χ4v) is 1.66. The maximum Gasteiger partial charge on any atom is 0.404 e. The van der Waals surface area contributed by atoms with Crippen LogP contribution in [-0.4, -0.2) is 29.0 Å². The molecule has 12 heavy (non-hydrogen) atoms. The van der Waals surface area contributed by atoms with Gasteiger partial charge in [-0.2, -0.15) is 0 Å². The van der Waals surface area contributed by atoms with E-state index in [1.165, 1.54) is 0 Å². The van der Waals surface area contributed by atoms with E-state index in [-0.39, 0.29) is 12.6 Å². The van der Waals surface area contributed by atoms with Crippen LogP contribution in [0.3, 0.4) is 0 Å². The molecule has 0 saturated heterocycles. The molecule has 3 N–H and O–H groups in total. The highest BCUT2D eigenvalue weighted by Crippen LogP contribution is 2.23. The summed E-state index contributed by atoms with van der Waals surface area (Å²) >= 11 is 0. The van der Waals surface area contributed by atoms with E-state index in [9.17, 15) is 4.79 Å². The van der Waals surface area contributed by atoms with Crippen LogP contribution in [-0.2, 0) is 0 Å². The van der Waals surface area contributed by atoms with E-state index >= 15 is 0 Å². The van der Waals surface area contributed by atoms with Crippen LogP contribution in [0.1, 0.15) is 25.7 Å². The predicted octanol–water partition coefficient (Wildman–Crippen LogP) is 0.805. The van der Waals surface area contributed by atoms with E-state index in [2.05, 4.69) is 5.32 Å². The lowest BCUT2D eigenvalue weighted by atomic mass is 9.87. The van der Waals surface area contributed by atoms with Crippen molar-refractivity contribution in [3.05, 3.63) is 0 Å². The molecule has 0 bridgehead atoms. The van der Waals surface area contributed by atoms with Gasteiger partial charge in [-0.3, -0.25) is 0 Å². The zero-order chi connectivity index (χ0) is 8.97. The lowest BCUT2D eigenvalue weighted by molar-refractivity contribution is 0.162. The van der Waals surface area contributed by atoms with Gasteiger partial charge in [0.25, 0.3) is 0 Å². The van der Waals surface area contributed by atoms with Crippen molar-refractivity contribution in [1.29, 1.82) is 0 Å². The SMILES string of the molecule is O=C(O)N[C@H]1CC[C@@H](CO)CC1. The first-order valence-electron chi connectivity index (χ1n) is 4.32. The first-order chi connectivity index (χ1) is 5.72. The second-order valence-corrected chi connectivity index (χ2v) is 3.35.